The number of benzene rings is 3. The van der Waals surface area contributed by atoms with Crippen molar-refractivity contribution in [3.8, 4) is 17.2 Å². The number of fused-ring (bicyclic) bond motifs is 4. The molecule has 0 aromatic heterocycles. The van der Waals surface area contributed by atoms with E-state index in [2.05, 4.69) is 36.1 Å². The van der Waals surface area contributed by atoms with Gasteiger partial charge < -0.3 is 18.9 Å². The van der Waals surface area contributed by atoms with E-state index in [9.17, 15) is 4.79 Å². The number of nitrogens with zero attached hydrogens (tertiary/aromatic N) is 1. The van der Waals surface area contributed by atoms with Crippen LogP contribution in [-0.2, 0) is 24.4 Å². The fourth-order valence-electron chi connectivity index (χ4n) is 4.51. The van der Waals surface area contributed by atoms with Gasteiger partial charge in [-0.05, 0) is 42.8 Å². The van der Waals surface area contributed by atoms with Crippen molar-refractivity contribution in [2.45, 2.75) is 26.6 Å². The van der Waals surface area contributed by atoms with E-state index >= 15 is 0 Å². The maximum Gasteiger partial charge on any atom is 0.231 e. The maximum absolute atomic E-state index is 13.2. The van der Waals surface area contributed by atoms with Crippen molar-refractivity contribution in [3.63, 3.8) is 0 Å². The first-order valence-electron chi connectivity index (χ1n) is 11.1. The summed E-state index contributed by atoms with van der Waals surface area (Å²) in [5, 5.41) is 0.542. The summed E-state index contributed by atoms with van der Waals surface area (Å²) in [6.45, 7) is 4.48. The Hall–Kier alpha value is -3.32. The number of hydrogen-bond donors (Lipinski definition) is 0. The van der Waals surface area contributed by atoms with Gasteiger partial charge in [-0.15, -0.1) is 0 Å². The van der Waals surface area contributed by atoms with Gasteiger partial charge in [0.1, 0.15) is 24.0 Å². The van der Waals surface area contributed by atoms with E-state index in [4.69, 9.17) is 30.5 Å². The fourth-order valence-corrected chi connectivity index (χ4v) is 4.76. The van der Waals surface area contributed by atoms with Gasteiger partial charge in [-0.1, -0.05) is 41.4 Å². The molecular weight excluding hydrogens is 454 g/mol. The van der Waals surface area contributed by atoms with Gasteiger partial charge in [-0.3, -0.25) is 9.69 Å². The normalized spacial score (nSPS) is 17.9. The number of allylic oxidation sites excluding steroid dienone is 1. The predicted octanol–water partition coefficient (Wildman–Crippen LogP) is 5.48. The summed E-state index contributed by atoms with van der Waals surface area (Å²) in [4.78, 5) is 15.4. The van der Waals surface area contributed by atoms with Crippen LogP contribution in [0.5, 0.6) is 17.2 Å². The molecule has 0 bridgehead atoms. The van der Waals surface area contributed by atoms with Crippen molar-refractivity contribution < 1.29 is 23.7 Å². The molecule has 0 atom stereocenters. The highest BCUT2D eigenvalue weighted by molar-refractivity contribution is 6.31. The number of carbonyl (C=O) groups is 1. The number of halogens is 1. The lowest BCUT2D eigenvalue weighted by Crippen LogP contribution is -2.31. The number of carbonyl (C=O) groups excluding carboxylic acids is 1. The number of hydrogen-bond acceptors (Lipinski definition) is 6. The third kappa shape index (κ3) is 3.84. The predicted molar refractivity (Wildman–Crippen MR) is 127 cm³/mol. The second-order valence-electron chi connectivity index (χ2n) is 8.70. The molecule has 3 aliphatic rings. The molecule has 0 spiro atoms. The summed E-state index contributed by atoms with van der Waals surface area (Å²) < 4.78 is 23.2. The molecule has 0 fully saturated rings. The molecule has 0 radical (unpaired) electrons. The number of Topliss-reactive ketones (excluding diaryl/α,β-unsaturated/α-hetero) is 1. The average Bonchev–Trinajstić information content (AvgIpc) is 3.16. The zero-order chi connectivity index (χ0) is 23.2. The molecule has 6 nitrogen and oxygen atoms in total. The summed E-state index contributed by atoms with van der Waals surface area (Å²) in [7, 11) is 0. The molecule has 172 valence electrons. The van der Waals surface area contributed by atoms with Gasteiger partial charge in [-0.2, -0.15) is 0 Å². The summed E-state index contributed by atoms with van der Waals surface area (Å²) in [5.41, 5.74) is 5.37. The van der Waals surface area contributed by atoms with Gasteiger partial charge in [0.2, 0.25) is 5.78 Å². The van der Waals surface area contributed by atoms with Crippen molar-refractivity contribution in [2.24, 2.45) is 0 Å². The second kappa shape index (κ2) is 8.47. The van der Waals surface area contributed by atoms with Crippen molar-refractivity contribution in [3.05, 3.63) is 92.7 Å². The van der Waals surface area contributed by atoms with Crippen molar-refractivity contribution in [1.29, 1.82) is 0 Å². The third-order valence-corrected chi connectivity index (χ3v) is 6.42. The van der Waals surface area contributed by atoms with E-state index in [-0.39, 0.29) is 18.3 Å². The molecule has 6 rings (SSSR count). The Morgan fingerprint density at radius 1 is 1.06 bits per heavy atom. The molecule has 0 saturated carbocycles. The van der Waals surface area contributed by atoms with Gasteiger partial charge in [-0.25, -0.2) is 0 Å². The van der Waals surface area contributed by atoms with E-state index in [1.165, 1.54) is 11.1 Å². The van der Waals surface area contributed by atoms with Crippen LogP contribution in [0.4, 0.5) is 0 Å². The molecule has 34 heavy (non-hydrogen) atoms. The van der Waals surface area contributed by atoms with E-state index in [1.807, 2.05) is 6.07 Å². The van der Waals surface area contributed by atoms with Crippen LogP contribution in [0.1, 0.15) is 38.2 Å². The van der Waals surface area contributed by atoms with Crippen LogP contribution >= 0.6 is 11.6 Å². The molecule has 3 aromatic rings. The Bertz CT molecular complexity index is 1330. The number of aryl methyl sites for hydroxylation is 1. The SMILES string of the molecule is Cc1ccc(CN2COc3ccc4c(c3C2)O/C(=C\c2cc(Cl)cc3c2OCOC3)C4=O)cc1. The molecule has 0 amide bonds. The highest BCUT2D eigenvalue weighted by Gasteiger charge is 2.34. The lowest BCUT2D eigenvalue weighted by molar-refractivity contribution is -0.0165. The Kier molecular flexibility index (Phi) is 5.29. The van der Waals surface area contributed by atoms with Crippen LogP contribution in [0.2, 0.25) is 5.02 Å². The first-order chi connectivity index (χ1) is 16.5. The van der Waals surface area contributed by atoms with E-state index in [0.717, 1.165) is 23.4 Å². The Morgan fingerprint density at radius 2 is 1.91 bits per heavy atom. The van der Waals surface area contributed by atoms with Crippen LogP contribution in [0.15, 0.2) is 54.3 Å². The van der Waals surface area contributed by atoms with Crippen LogP contribution in [-0.4, -0.2) is 24.2 Å². The lowest BCUT2D eigenvalue weighted by atomic mass is 10.0. The van der Waals surface area contributed by atoms with Crippen LogP contribution < -0.4 is 14.2 Å². The van der Waals surface area contributed by atoms with Gasteiger partial charge in [0, 0.05) is 29.2 Å². The van der Waals surface area contributed by atoms with Gasteiger partial charge in [0.25, 0.3) is 0 Å². The molecule has 0 N–H and O–H groups in total. The topological polar surface area (TPSA) is 57.2 Å². The standard InChI is InChI=1S/C27H22ClNO5/c1-16-2-4-17(5-3-16)11-29-12-22-23(32-14-29)7-6-21-25(30)24(34-27(21)22)10-18-8-20(28)9-19-13-31-15-33-26(18)19/h2-10H,11-15H2,1H3/b24-10-. The monoisotopic (exact) mass is 475 g/mol. The minimum Gasteiger partial charge on any atom is -0.478 e. The molecule has 3 heterocycles. The average molecular weight is 476 g/mol. The van der Waals surface area contributed by atoms with Crippen LogP contribution in [0.3, 0.4) is 0 Å². The third-order valence-electron chi connectivity index (χ3n) is 6.20. The van der Waals surface area contributed by atoms with Crippen molar-refractivity contribution in [2.75, 3.05) is 13.5 Å². The van der Waals surface area contributed by atoms with Gasteiger partial charge in [0.05, 0.1) is 17.7 Å². The Morgan fingerprint density at radius 3 is 2.76 bits per heavy atom. The fraction of sp³-hybridized carbons (Fsp3) is 0.222. The second-order valence-corrected chi connectivity index (χ2v) is 9.14. The van der Waals surface area contributed by atoms with Crippen molar-refractivity contribution >= 4 is 23.5 Å². The first-order valence-corrected chi connectivity index (χ1v) is 11.5. The first kappa shape index (κ1) is 21.2. The van der Waals surface area contributed by atoms with E-state index in [1.54, 1.807) is 24.3 Å². The van der Waals surface area contributed by atoms with E-state index < -0.39 is 0 Å². The summed E-state index contributed by atoms with van der Waals surface area (Å²) in [6, 6.07) is 15.7. The van der Waals surface area contributed by atoms with Gasteiger partial charge >= 0.3 is 0 Å². The largest absolute Gasteiger partial charge is 0.478 e. The van der Waals surface area contributed by atoms with E-state index in [0.29, 0.717) is 47.5 Å². The lowest BCUT2D eigenvalue weighted by Gasteiger charge is -2.29. The highest BCUT2D eigenvalue weighted by Crippen LogP contribution is 2.43. The molecule has 7 heteroatoms. The summed E-state index contributed by atoms with van der Waals surface area (Å²) in [5.74, 6) is 2.02. The van der Waals surface area contributed by atoms with Crippen molar-refractivity contribution in [1.82, 2.24) is 4.90 Å². The minimum absolute atomic E-state index is 0.154. The van der Waals surface area contributed by atoms with Crippen LogP contribution in [0, 0.1) is 6.92 Å². The molecule has 3 aromatic carbocycles. The Labute approximate surface area is 202 Å². The quantitative estimate of drug-likeness (QED) is 0.467. The molecule has 3 aliphatic heterocycles. The molecule has 0 aliphatic carbocycles. The molecule has 0 unspecified atom stereocenters. The number of ether oxygens (including phenoxy) is 4. The zero-order valence-electron chi connectivity index (χ0n) is 18.6. The Balaban J connectivity index is 1.30. The molecular formula is C27H22ClNO5. The number of rotatable bonds is 3. The molecule has 0 saturated heterocycles. The van der Waals surface area contributed by atoms with Crippen LogP contribution in [0.25, 0.3) is 6.08 Å². The smallest absolute Gasteiger partial charge is 0.231 e. The summed E-state index contributed by atoms with van der Waals surface area (Å²) in [6.07, 6.45) is 1.69. The maximum atomic E-state index is 13.2. The minimum atomic E-state index is -0.172. The van der Waals surface area contributed by atoms with Gasteiger partial charge in [0.15, 0.2) is 12.6 Å². The summed E-state index contributed by atoms with van der Waals surface area (Å²) >= 11 is 6.29. The number of ketones is 1. The zero-order valence-corrected chi connectivity index (χ0v) is 19.4. The highest BCUT2D eigenvalue weighted by atomic mass is 35.5.